The highest BCUT2D eigenvalue weighted by atomic mass is 32.2. The summed E-state index contributed by atoms with van der Waals surface area (Å²) in [5.41, 5.74) is 4.86. The molecule has 0 N–H and O–H groups in total. The van der Waals surface area contributed by atoms with E-state index in [0.29, 0.717) is 0 Å². The number of rotatable bonds is 6. The average molecular weight is 353 g/mol. The van der Waals surface area contributed by atoms with E-state index in [1.165, 1.54) is 11.1 Å². The predicted molar refractivity (Wildman–Crippen MR) is 106 cm³/mol. The second-order valence-electron chi connectivity index (χ2n) is 6.27. The van der Waals surface area contributed by atoms with Gasteiger partial charge in [0.15, 0.2) is 11.0 Å². The number of thioether (sulfide) groups is 1. The number of aromatic nitrogens is 3. The topological polar surface area (TPSA) is 34.0 Å². The summed E-state index contributed by atoms with van der Waals surface area (Å²) in [6.07, 6.45) is 0. The molecular formula is C20H24N4S. The van der Waals surface area contributed by atoms with Crippen LogP contribution < -0.4 is 4.90 Å². The summed E-state index contributed by atoms with van der Waals surface area (Å²) >= 11 is 1.74. The smallest absolute Gasteiger partial charge is 0.191 e. The van der Waals surface area contributed by atoms with E-state index in [0.717, 1.165) is 34.5 Å². The Morgan fingerprint density at radius 2 is 1.84 bits per heavy atom. The van der Waals surface area contributed by atoms with E-state index in [4.69, 9.17) is 0 Å². The maximum absolute atomic E-state index is 4.46. The van der Waals surface area contributed by atoms with Crippen LogP contribution in [-0.4, -0.2) is 28.9 Å². The molecule has 0 aliphatic carbocycles. The summed E-state index contributed by atoms with van der Waals surface area (Å²) in [7, 11) is 4.10. The van der Waals surface area contributed by atoms with Gasteiger partial charge in [-0.05, 0) is 31.5 Å². The fraction of sp³-hybridized carbons (Fsp3) is 0.300. The quantitative estimate of drug-likeness (QED) is 0.606. The lowest BCUT2D eigenvalue weighted by atomic mass is 10.2. The van der Waals surface area contributed by atoms with Gasteiger partial charge in [0, 0.05) is 37.6 Å². The molecule has 0 radical (unpaired) electrons. The molecular weight excluding hydrogens is 328 g/mol. The number of nitrogens with zero attached hydrogens (tertiary/aromatic N) is 4. The van der Waals surface area contributed by atoms with Crippen molar-refractivity contribution >= 4 is 17.4 Å². The standard InChI is InChI=1S/C20H24N4S/c1-5-24-19(17-10-7-11-18(13-17)23(3)4)21-22-20(24)25-14-16-9-6-8-15(2)12-16/h6-13H,5,14H2,1-4H3. The molecule has 5 heteroatoms. The molecule has 3 aromatic rings. The van der Waals surface area contributed by atoms with Crippen LogP contribution in [0.2, 0.25) is 0 Å². The van der Waals surface area contributed by atoms with E-state index in [9.17, 15) is 0 Å². The van der Waals surface area contributed by atoms with Gasteiger partial charge in [-0.15, -0.1) is 10.2 Å². The van der Waals surface area contributed by atoms with Gasteiger partial charge < -0.3 is 9.47 Å². The molecule has 3 rings (SSSR count). The Balaban J connectivity index is 1.85. The lowest BCUT2D eigenvalue weighted by Gasteiger charge is -2.14. The lowest BCUT2D eigenvalue weighted by Crippen LogP contribution is -2.08. The second-order valence-corrected chi connectivity index (χ2v) is 7.22. The molecule has 2 aromatic carbocycles. The van der Waals surface area contributed by atoms with E-state index in [-0.39, 0.29) is 0 Å². The van der Waals surface area contributed by atoms with Gasteiger partial charge in [0.1, 0.15) is 0 Å². The Morgan fingerprint density at radius 1 is 1.04 bits per heavy atom. The highest BCUT2D eigenvalue weighted by Crippen LogP contribution is 2.28. The van der Waals surface area contributed by atoms with Crippen molar-refractivity contribution in [3.8, 4) is 11.4 Å². The molecule has 0 fully saturated rings. The molecule has 0 amide bonds. The van der Waals surface area contributed by atoms with E-state index in [1.54, 1.807) is 11.8 Å². The molecule has 130 valence electrons. The van der Waals surface area contributed by atoms with E-state index < -0.39 is 0 Å². The molecule has 0 unspecified atom stereocenters. The number of hydrogen-bond donors (Lipinski definition) is 0. The van der Waals surface area contributed by atoms with E-state index in [1.807, 2.05) is 14.1 Å². The van der Waals surface area contributed by atoms with Gasteiger partial charge in [-0.3, -0.25) is 0 Å². The molecule has 1 heterocycles. The van der Waals surface area contributed by atoms with Crippen molar-refractivity contribution in [3.63, 3.8) is 0 Å². The van der Waals surface area contributed by atoms with Crippen molar-refractivity contribution < 1.29 is 0 Å². The third kappa shape index (κ3) is 4.04. The van der Waals surface area contributed by atoms with Gasteiger partial charge in [-0.2, -0.15) is 0 Å². The van der Waals surface area contributed by atoms with Crippen molar-refractivity contribution in [3.05, 3.63) is 59.7 Å². The summed E-state index contributed by atoms with van der Waals surface area (Å²) in [6.45, 7) is 5.11. The minimum atomic E-state index is 0.852. The third-order valence-corrected chi connectivity index (χ3v) is 5.14. The molecule has 25 heavy (non-hydrogen) atoms. The van der Waals surface area contributed by atoms with Crippen LogP contribution in [0.5, 0.6) is 0 Å². The zero-order valence-electron chi connectivity index (χ0n) is 15.2. The highest BCUT2D eigenvalue weighted by molar-refractivity contribution is 7.98. The summed E-state index contributed by atoms with van der Waals surface area (Å²) < 4.78 is 2.19. The van der Waals surface area contributed by atoms with Crippen LogP contribution >= 0.6 is 11.8 Å². The van der Waals surface area contributed by atoms with Crippen LogP contribution in [0.25, 0.3) is 11.4 Å². The predicted octanol–water partition coefficient (Wildman–Crippen LogP) is 4.63. The maximum Gasteiger partial charge on any atom is 0.191 e. The van der Waals surface area contributed by atoms with Gasteiger partial charge >= 0.3 is 0 Å². The van der Waals surface area contributed by atoms with Crippen molar-refractivity contribution in [2.45, 2.75) is 31.3 Å². The second kappa shape index (κ2) is 7.74. The normalized spacial score (nSPS) is 10.9. The Hall–Kier alpha value is -2.27. The number of benzene rings is 2. The van der Waals surface area contributed by atoms with Crippen molar-refractivity contribution in [1.82, 2.24) is 14.8 Å². The van der Waals surface area contributed by atoms with Gasteiger partial charge in [-0.25, -0.2) is 0 Å². The minimum Gasteiger partial charge on any atom is -0.378 e. The molecule has 0 bridgehead atoms. The van der Waals surface area contributed by atoms with Crippen molar-refractivity contribution in [2.24, 2.45) is 0 Å². The Labute approximate surface area is 153 Å². The molecule has 0 saturated heterocycles. The Bertz CT molecular complexity index is 854. The number of aryl methyl sites for hydroxylation is 1. The van der Waals surface area contributed by atoms with E-state index >= 15 is 0 Å². The van der Waals surface area contributed by atoms with Crippen molar-refractivity contribution in [1.29, 1.82) is 0 Å². The molecule has 0 aliphatic rings. The van der Waals surface area contributed by atoms with Crippen LogP contribution in [0.3, 0.4) is 0 Å². The first-order chi connectivity index (χ1) is 12.1. The monoisotopic (exact) mass is 352 g/mol. The fourth-order valence-corrected chi connectivity index (χ4v) is 3.71. The van der Waals surface area contributed by atoms with Crippen LogP contribution in [0.1, 0.15) is 18.1 Å². The number of hydrogen-bond acceptors (Lipinski definition) is 4. The van der Waals surface area contributed by atoms with Crippen molar-refractivity contribution in [2.75, 3.05) is 19.0 Å². The molecule has 4 nitrogen and oxygen atoms in total. The van der Waals surface area contributed by atoms with Gasteiger partial charge in [-0.1, -0.05) is 53.7 Å². The number of anilines is 1. The lowest BCUT2D eigenvalue weighted by molar-refractivity contribution is 0.687. The summed E-state index contributed by atoms with van der Waals surface area (Å²) in [5, 5.41) is 9.87. The fourth-order valence-electron chi connectivity index (χ4n) is 2.77. The largest absolute Gasteiger partial charge is 0.378 e. The van der Waals surface area contributed by atoms with Crippen LogP contribution in [0.4, 0.5) is 5.69 Å². The molecule has 0 spiro atoms. The van der Waals surface area contributed by atoms with Gasteiger partial charge in [0.05, 0.1) is 0 Å². The maximum atomic E-state index is 4.46. The van der Waals surface area contributed by atoms with Crippen LogP contribution in [0, 0.1) is 6.92 Å². The van der Waals surface area contributed by atoms with Gasteiger partial charge in [0.25, 0.3) is 0 Å². The van der Waals surface area contributed by atoms with E-state index in [2.05, 4.69) is 82.0 Å². The summed E-state index contributed by atoms with van der Waals surface area (Å²) in [5.74, 6) is 1.83. The summed E-state index contributed by atoms with van der Waals surface area (Å²) in [6, 6.07) is 17.0. The van der Waals surface area contributed by atoms with Crippen LogP contribution in [0.15, 0.2) is 53.7 Å². The Kier molecular flexibility index (Phi) is 5.43. The van der Waals surface area contributed by atoms with Crippen LogP contribution in [-0.2, 0) is 12.3 Å². The molecule has 0 saturated carbocycles. The highest BCUT2D eigenvalue weighted by Gasteiger charge is 2.14. The Morgan fingerprint density at radius 3 is 2.56 bits per heavy atom. The van der Waals surface area contributed by atoms with Gasteiger partial charge in [0.2, 0.25) is 0 Å². The first kappa shape index (κ1) is 17.5. The summed E-state index contributed by atoms with van der Waals surface area (Å²) in [4.78, 5) is 2.10. The zero-order chi connectivity index (χ0) is 17.8. The SMILES string of the molecule is CCn1c(SCc2cccc(C)c2)nnc1-c1cccc(N(C)C)c1. The third-order valence-electron chi connectivity index (χ3n) is 4.10. The molecule has 0 aliphatic heterocycles. The first-order valence-electron chi connectivity index (χ1n) is 8.47. The molecule has 0 atom stereocenters. The zero-order valence-corrected chi connectivity index (χ0v) is 16.0. The average Bonchev–Trinajstić information content (AvgIpc) is 3.03. The minimum absolute atomic E-state index is 0.852. The first-order valence-corrected chi connectivity index (χ1v) is 9.46. The molecule has 1 aromatic heterocycles.